The maximum atomic E-state index is 15.4. The molecule has 0 aliphatic heterocycles. The minimum absolute atomic E-state index is 0.691. The monoisotopic (exact) mass is 891 g/mol. The normalized spacial score (nSPS) is 11.4. The molecule has 0 aliphatic carbocycles. The molecule has 5 aromatic carbocycles. The van der Waals surface area contributed by atoms with Gasteiger partial charge in [0.1, 0.15) is 58.4 Å². The van der Waals surface area contributed by atoms with Crippen molar-refractivity contribution in [3.8, 4) is 0 Å². The molecule has 3 nitrogen and oxygen atoms in total. The first kappa shape index (κ1) is 49.0. The Kier molecular flexibility index (Phi) is 15.8. The van der Waals surface area contributed by atoms with Crippen LogP contribution < -0.4 is 26.8 Å². The lowest BCUT2D eigenvalue weighted by Crippen LogP contribution is -3.00. The van der Waals surface area contributed by atoms with E-state index in [0.29, 0.717) is 13.2 Å². The van der Waals surface area contributed by atoms with Crippen molar-refractivity contribution in [2.75, 3.05) is 41.5 Å². The van der Waals surface area contributed by atoms with E-state index in [2.05, 4.69) is 47.8 Å². The van der Waals surface area contributed by atoms with Gasteiger partial charge in [-0.3, -0.25) is 0 Å². The average Bonchev–Trinajstić information content (AvgIpc) is 3.23. The van der Waals surface area contributed by atoms with E-state index in [-0.39, 0.29) is 0 Å². The summed E-state index contributed by atoms with van der Waals surface area (Å²) in [6.07, 6.45) is -7.22. The Morgan fingerprint density at radius 3 is 0.667 bits per heavy atom. The topological polar surface area (TPSA) is 22.9 Å². The van der Waals surface area contributed by atoms with E-state index < -0.39 is 144 Å². The molecule has 0 heterocycles. The second-order valence-electron chi connectivity index (χ2n) is 12.2. The third-order valence-corrected chi connectivity index (χ3v) is 8.55. The maximum Gasteiger partial charge on any atom is 0.200 e. The zero-order valence-electron chi connectivity index (χ0n) is 30.3. The molecule has 1 N–H and O–H groups in total. The number of ether oxygens (including phenoxy) is 2. The molecule has 326 valence electrons. The van der Waals surface area contributed by atoms with Gasteiger partial charge in [-0.25, -0.2) is 87.8 Å². The number of rotatable bonds is 8. The van der Waals surface area contributed by atoms with Crippen LogP contribution in [0.15, 0.2) is 30.3 Å². The quantitative estimate of drug-likeness (QED) is 0.0626. The summed E-state index contributed by atoms with van der Waals surface area (Å²) < 4.78 is 303. The molecule has 0 amide bonds. The summed E-state index contributed by atoms with van der Waals surface area (Å²) in [5.41, 5.74) is -13.0. The van der Waals surface area contributed by atoms with Gasteiger partial charge in [0.25, 0.3) is 0 Å². The van der Waals surface area contributed by atoms with Crippen LogP contribution in [0, 0.1) is 116 Å². The lowest BCUT2D eigenvalue weighted by molar-refractivity contribution is -0.786. The Bertz CT molecular complexity index is 2010. The summed E-state index contributed by atoms with van der Waals surface area (Å²) in [5.74, 6) is -71.4. The van der Waals surface area contributed by atoms with Crippen molar-refractivity contribution in [1.82, 2.24) is 0 Å². The van der Waals surface area contributed by atoms with Gasteiger partial charge in [0.2, 0.25) is 0 Å². The van der Waals surface area contributed by atoms with Crippen LogP contribution in [0.2, 0.25) is 0 Å². The van der Waals surface area contributed by atoms with Crippen LogP contribution in [0.1, 0.15) is 0 Å². The van der Waals surface area contributed by atoms with Crippen molar-refractivity contribution in [3.63, 3.8) is 0 Å². The average molecular weight is 891 g/mol. The van der Waals surface area contributed by atoms with Gasteiger partial charge in [-0.15, -0.1) is 21.9 Å². The number of methoxy groups -OCH3 is 2. The molecule has 0 unspecified atom stereocenters. The van der Waals surface area contributed by atoms with Crippen LogP contribution >= 0.6 is 0 Å². The Balaban J connectivity index is 0.000000538. The van der Waals surface area contributed by atoms with Gasteiger partial charge in [-0.05, 0) is 12.1 Å². The van der Waals surface area contributed by atoms with E-state index in [9.17, 15) is 52.7 Å². The summed E-state index contributed by atoms with van der Waals surface area (Å²) in [5, 5.41) is 0. The molecule has 0 saturated carbocycles. The molecule has 5 rings (SSSR count). The van der Waals surface area contributed by atoms with Gasteiger partial charge in [0.05, 0.1) is 27.3 Å². The Morgan fingerprint density at radius 1 is 0.333 bits per heavy atom. The minimum Gasteiger partial charge on any atom is -0.382 e. The molecule has 0 radical (unpaired) electrons. The molecule has 0 atom stereocenters. The zero-order chi connectivity index (χ0) is 45.9. The second-order valence-corrected chi connectivity index (χ2v) is 12.2. The van der Waals surface area contributed by atoms with E-state index in [1.807, 2.05) is 6.07 Å². The third-order valence-electron chi connectivity index (χ3n) is 8.55. The summed E-state index contributed by atoms with van der Waals surface area (Å²) in [6.45, 7) is 1.38. The second kappa shape index (κ2) is 19.4. The first-order valence-electron chi connectivity index (χ1n) is 16.0. The SMILES string of the molecule is COCCOC.C[NH+](C)c1ccccc1.Fc1c(F)c(F)c([B-](c2c(F)c(F)c(F)c(F)c2F)(c2c(F)c(F)c(F)c(F)c2F)c2c(F)c(F)c(F)c(F)c2F)c(F)c1F. The van der Waals surface area contributed by atoms with Gasteiger partial charge in [0, 0.05) is 14.2 Å². The van der Waals surface area contributed by atoms with Crippen molar-refractivity contribution >= 4 is 33.7 Å². The molecular formula is C36H22BF20NO2. The molecule has 0 spiro atoms. The van der Waals surface area contributed by atoms with Crippen molar-refractivity contribution in [3.05, 3.63) is 147 Å². The van der Waals surface area contributed by atoms with Crippen LogP contribution in [0.4, 0.5) is 93.5 Å². The molecule has 24 heteroatoms. The highest BCUT2D eigenvalue weighted by atomic mass is 19.2. The van der Waals surface area contributed by atoms with E-state index in [1.54, 1.807) is 14.2 Å². The highest BCUT2D eigenvalue weighted by Crippen LogP contribution is 2.30. The minimum atomic E-state index is -7.22. The van der Waals surface area contributed by atoms with Crippen LogP contribution in [0.5, 0.6) is 0 Å². The molecule has 0 aromatic heterocycles. The number of quaternary nitrogens is 1. The lowest BCUT2D eigenvalue weighted by atomic mass is 9.12. The molecule has 5 aromatic rings. The summed E-state index contributed by atoms with van der Waals surface area (Å²) in [6, 6.07) is 10.4. The van der Waals surface area contributed by atoms with Gasteiger partial charge < -0.3 is 14.4 Å². The number of nitrogens with one attached hydrogen (secondary N) is 1. The fourth-order valence-corrected chi connectivity index (χ4v) is 5.81. The van der Waals surface area contributed by atoms with E-state index in [1.165, 1.54) is 10.6 Å². The summed E-state index contributed by atoms with van der Waals surface area (Å²) >= 11 is 0. The van der Waals surface area contributed by atoms with Gasteiger partial charge in [0.15, 0.2) is 69.8 Å². The van der Waals surface area contributed by atoms with Crippen LogP contribution in [0.25, 0.3) is 0 Å². The molecule has 0 saturated heterocycles. The number of hydrogen-bond donors (Lipinski definition) is 1. The predicted octanol–water partition coefficient (Wildman–Crippen LogP) is 6.59. The maximum absolute atomic E-state index is 15.4. The van der Waals surface area contributed by atoms with Crippen LogP contribution in [-0.2, 0) is 9.47 Å². The number of para-hydroxylation sites is 1. The Hall–Kier alpha value is -5.36. The number of halogens is 20. The molecule has 0 bridgehead atoms. The number of benzene rings is 5. The van der Waals surface area contributed by atoms with Crippen molar-refractivity contribution in [1.29, 1.82) is 0 Å². The molecular weight excluding hydrogens is 869 g/mol. The Labute approximate surface area is 324 Å². The lowest BCUT2D eigenvalue weighted by Gasteiger charge is -2.44. The third kappa shape index (κ3) is 8.35. The fourth-order valence-electron chi connectivity index (χ4n) is 5.81. The first-order chi connectivity index (χ1) is 27.9. The van der Waals surface area contributed by atoms with Crippen LogP contribution in [-0.4, -0.2) is 47.7 Å². The van der Waals surface area contributed by atoms with Crippen molar-refractivity contribution in [2.24, 2.45) is 0 Å². The largest absolute Gasteiger partial charge is 0.382 e. The zero-order valence-corrected chi connectivity index (χ0v) is 30.3. The summed E-state index contributed by atoms with van der Waals surface area (Å²) in [4.78, 5) is 1.37. The smallest absolute Gasteiger partial charge is 0.200 e. The molecule has 60 heavy (non-hydrogen) atoms. The predicted molar refractivity (Wildman–Crippen MR) is 172 cm³/mol. The van der Waals surface area contributed by atoms with Gasteiger partial charge >= 0.3 is 0 Å². The van der Waals surface area contributed by atoms with E-state index >= 15 is 35.1 Å². The molecule has 0 fully saturated rings. The summed E-state index contributed by atoms with van der Waals surface area (Å²) in [7, 11) is 7.54. The van der Waals surface area contributed by atoms with Crippen molar-refractivity contribution in [2.45, 2.75) is 0 Å². The first-order valence-corrected chi connectivity index (χ1v) is 16.0. The highest BCUT2D eigenvalue weighted by molar-refractivity contribution is 7.20. The standard InChI is InChI=1S/C24BF20.C8H11N.C4H10O2/c26-5-1(6(27)14(35)21(42)13(5)34)25(2-7(28)15(36)22(43)16(37)8(2)29,3-9(30)17(38)23(44)18(39)10(3)31)4-11(32)19(40)24(45)20(41)12(4)33;1-9(2)8-6-4-3-5-7-8;1-5-3-4-6-2/h;3-7H,1-2H3;3-4H2,1-2H3/q-1;;/p+1. The fraction of sp³-hybridized carbons (Fsp3) is 0.167. The van der Waals surface area contributed by atoms with E-state index in [0.717, 1.165) is 0 Å². The van der Waals surface area contributed by atoms with Crippen LogP contribution in [0.3, 0.4) is 0 Å². The van der Waals surface area contributed by atoms with E-state index in [4.69, 9.17) is 0 Å². The Morgan fingerprint density at radius 2 is 0.517 bits per heavy atom. The highest BCUT2D eigenvalue weighted by Gasteiger charge is 2.52. The number of hydrogen-bond acceptors (Lipinski definition) is 2. The van der Waals surface area contributed by atoms with Crippen molar-refractivity contribution < 1.29 is 102 Å². The van der Waals surface area contributed by atoms with Gasteiger partial charge in [-0.2, -0.15) is 0 Å². The van der Waals surface area contributed by atoms with Gasteiger partial charge in [-0.1, -0.05) is 18.2 Å². The molecule has 0 aliphatic rings.